The molecule has 0 radical (unpaired) electrons. The van der Waals surface area contributed by atoms with Gasteiger partial charge >= 0.3 is 0 Å². The van der Waals surface area contributed by atoms with Crippen LogP contribution in [-0.2, 0) is 35.8 Å². The molecular formula is C24H36O3S. The molecule has 0 saturated heterocycles. The Bertz CT molecular complexity index is 956. The highest BCUT2D eigenvalue weighted by Crippen LogP contribution is 2.39. The summed E-state index contributed by atoms with van der Waals surface area (Å²) in [6.45, 7) is 12.5. The van der Waals surface area contributed by atoms with Gasteiger partial charge in [-0.15, -0.1) is 0 Å². The molecule has 0 bridgehead atoms. The van der Waals surface area contributed by atoms with Gasteiger partial charge in [0, 0.05) is 5.39 Å². The zero-order valence-electron chi connectivity index (χ0n) is 18.4. The van der Waals surface area contributed by atoms with E-state index in [1.165, 1.54) is 22.3 Å². The summed E-state index contributed by atoms with van der Waals surface area (Å²) in [6.07, 6.45) is 7.91. The minimum Gasteiger partial charge on any atom is -0.282 e. The largest absolute Gasteiger partial charge is 0.295 e. The van der Waals surface area contributed by atoms with E-state index in [1.807, 2.05) is 13.8 Å². The summed E-state index contributed by atoms with van der Waals surface area (Å²) in [4.78, 5) is 0.109. The summed E-state index contributed by atoms with van der Waals surface area (Å²) in [5.41, 5.74) is 6.90. The fourth-order valence-corrected chi connectivity index (χ4v) is 5.60. The molecule has 0 aliphatic rings. The van der Waals surface area contributed by atoms with Gasteiger partial charge in [-0.25, -0.2) is 0 Å². The van der Waals surface area contributed by atoms with Crippen molar-refractivity contribution in [2.24, 2.45) is 0 Å². The van der Waals surface area contributed by atoms with Crippen LogP contribution < -0.4 is 0 Å². The lowest BCUT2D eigenvalue weighted by Crippen LogP contribution is -2.11. The molecule has 28 heavy (non-hydrogen) atoms. The lowest BCUT2D eigenvalue weighted by atomic mass is 9.83. The predicted octanol–water partition coefficient (Wildman–Crippen LogP) is 6.51. The molecule has 2 aromatic rings. The van der Waals surface area contributed by atoms with Crippen LogP contribution in [-0.4, -0.2) is 13.0 Å². The summed E-state index contributed by atoms with van der Waals surface area (Å²) in [5.74, 6) is 0. The summed E-state index contributed by atoms with van der Waals surface area (Å²) in [6, 6.07) is 2.07. The van der Waals surface area contributed by atoms with Gasteiger partial charge in [0.15, 0.2) is 0 Å². The summed E-state index contributed by atoms with van der Waals surface area (Å²) in [5, 5.41) is 1.81. The van der Waals surface area contributed by atoms with Crippen molar-refractivity contribution in [2.45, 2.75) is 97.8 Å². The quantitative estimate of drug-likeness (QED) is 0.484. The summed E-state index contributed by atoms with van der Waals surface area (Å²) < 4.78 is 34.9. The van der Waals surface area contributed by atoms with E-state index >= 15 is 0 Å². The molecule has 0 heterocycles. The topological polar surface area (TPSA) is 54.4 Å². The van der Waals surface area contributed by atoms with Crippen LogP contribution in [0.1, 0.15) is 86.8 Å². The molecule has 1 N–H and O–H groups in total. The molecule has 0 spiro atoms. The van der Waals surface area contributed by atoms with E-state index in [9.17, 15) is 13.0 Å². The van der Waals surface area contributed by atoms with Gasteiger partial charge in [0.1, 0.15) is 4.90 Å². The molecule has 0 atom stereocenters. The van der Waals surface area contributed by atoms with Gasteiger partial charge in [0.2, 0.25) is 0 Å². The van der Waals surface area contributed by atoms with Crippen molar-refractivity contribution >= 4 is 20.9 Å². The third-order valence-electron chi connectivity index (χ3n) is 5.82. The van der Waals surface area contributed by atoms with Gasteiger partial charge < -0.3 is 0 Å². The van der Waals surface area contributed by atoms with Crippen molar-refractivity contribution < 1.29 is 13.0 Å². The normalized spacial score (nSPS) is 12.1. The SMILES string of the molecule is CCCc1cc2c(S(=O)(=O)O)c(C)c(C)c(CCC)c2c(CCC)c1CCC. The number of benzene rings is 2. The fraction of sp³-hybridized carbons (Fsp3) is 0.583. The lowest BCUT2D eigenvalue weighted by Gasteiger charge is -2.24. The number of hydrogen-bond donors (Lipinski definition) is 1. The zero-order valence-corrected chi connectivity index (χ0v) is 19.2. The highest BCUT2D eigenvalue weighted by atomic mass is 32.2. The van der Waals surface area contributed by atoms with Gasteiger partial charge in [-0.1, -0.05) is 53.4 Å². The maximum atomic E-state index is 12.4. The molecule has 0 amide bonds. The van der Waals surface area contributed by atoms with Crippen LogP contribution >= 0.6 is 0 Å². The van der Waals surface area contributed by atoms with Crippen molar-refractivity contribution in [1.82, 2.24) is 0 Å². The highest BCUT2D eigenvalue weighted by molar-refractivity contribution is 7.86. The van der Waals surface area contributed by atoms with Crippen molar-refractivity contribution in [3.8, 4) is 0 Å². The van der Waals surface area contributed by atoms with Crippen LogP contribution in [0.15, 0.2) is 11.0 Å². The first-order valence-corrected chi connectivity index (χ1v) is 12.2. The second-order valence-corrected chi connectivity index (χ2v) is 9.31. The molecule has 0 fully saturated rings. The van der Waals surface area contributed by atoms with Gasteiger partial charge in [-0.3, -0.25) is 4.55 Å². The number of fused-ring (bicyclic) bond motifs is 1. The molecule has 156 valence electrons. The third kappa shape index (κ3) is 4.28. The minimum absolute atomic E-state index is 0.109. The Morgan fingerprint density at radius 2 is 1.25 bits per heavy atom. The average molecular weight is 405 g/mol. The van der Waals surface area contributed by atoms with E-state index in [0.29, 0.717) is 5.56 Å². The Hall–Kier alpha value is -1.39. The Balaban J connectivity index is 3.18. The maximum absolute atomic E-state index is 12.4. The van der Waals surface area contributed by atoms with Crippen LogP contribution in [0.25, 0.3) is 10.8 Å². The molecule has 0 unspecified atom stereocenters. The van der Waals surface area contributed by atoms with Crippen LogP contribution in [0.3, 0.4) is 0 Å². The Morgan fingerprint density at radius 1 is 0.750 bits per heavy atom. The van der Waals surface area contributed by atoms with Crippen LogP contribution in [0, 0.1) is 13.8 Å². The van der Waals surface area contributed by atoms with Crippen molar-refractivity contribution in [3.63, 3.8) is 0 Å². The van der Waals surface area contributed by atoms with Crippen molar-refractivity contribution in [3.05, 3.63) is 39.4 Å². The van der Waals surface area contributed by atoms with Gasteiger partial charge in [-0.05, 0) is 84.4 Å². The standard InChI is InChI=1S/C24H36O3S/c1-7-11-18-15-22-23(21(14-10-4)20(18)13-9-3)19(12-8-2)16(5)17(6)24(22)28(25,26)27/h15H,7-14H2,1-6H3,(H,25,26,27). The van der Waals surface area contributed by atoms with Crippen LogP contribution in [0.4, 0.5) is 0 Å². The van der Waals surface area contributed by atoms with E-state index in [2.05, 4.69) is 33.8 Å². The zero-order chi connectivity index (χ0) is 21.1. The van der Waals surface area contributed by atoms with E-state index < -0.39 is 10.1 Å². The van der Waals surface area contributed by atoms with Gasteiger partial charge in [0.25, 0.3) is 10.1 Å². The van der Waals surface area contributed by atoms with E-state index in [4.69, 9.17) is 0 Å². The molecular weight excluding hydrogens is 368 g/mol. The second-order valence-electron chi connectivity index (χ2n) is 7.95. The van der Waals surface area contributed by atoms with E-state index in [-0.39, 0.29) is 4.90 Å². The first kappa shape index (κ1) is 22.9. The van der Waals surface area contributed by atoms with E-state index in [0.717, 1.165) is 67.7 Å². The molecule has 2 rings (SSSR count). The number of rotatable bonds is 9. The van der Waals surface area contributed by atoms with Crippen LogP contribution in [0.5, 0.6) is 0 Å². The highest BCUT2D eigenvalue weighted by Gasteiger charge is 2.25. The monoisotopic (exact) mass is 404 g/mol. The molecule has 0 aliphatic carbocycles. The van der Waals surface area contributed by atoms with E-state index in [1.54, 1.807) is 0 Å². The molecule has 3 nitrogen and oxygen atoms in total. The first-order valence-electron chi connectivity index (χ1n) is 10.8. The summed E-state index contributed by atoms with van der Waals surface area (Å²) in [7, 11) is -4.30. The molecule has 0 aliphatic heterocycles. The smallest absolute Gasteiger partial charge is 0.282 e. The van der Waals surface area contributed by atoms with Gasteiger partial charge in [0.05, 0.1) is 0 Å². The first-order chi connectivity index (χ1) is 13.2. The maximum Gasteiger partial charge on any atom is 0.295 e. The van der Waals surface area contributed by atoms with Crippen LogP contribution in [0.2, 0.25) is 0 Å². The average Bonchev–Trinajstić information content (AvgIpc) is 2.61. The lowest BCUT2D eigenvalue weighted by molar-refractivity contribution is 0.483. The molecule has 4 heteroatoms. The Labute approximate surface area is 171 Å². The van der Waals surface area contributed by atoms with Crippen molar-refractivity contribution in [1.29, 1.82) is 0 Å². The molecule has 0 saturated carbocycles. The minimum atomic E-state index is -4.30. The second kappa shape index (κ2) is 9.41. The third-order valence-corrected chi connectivity index (χ3v) is 6.86. The van der Waals surface area contributed by atoms with Crippen molar-refractivity contribution in [2.75, 3.05) is 0 Å². The molecule has 2 aromatic carbocycles. The Kier molecular flexibility index (Phi) is 7.69. The Morgan fingerprint density at radius 3 is 1.75 bits per heavy atom. The molecule has 0 aromatic heterocycles. The fourth-order valence-electron chi connectivity index (χ4n) is 4.63. The number of hydrogen-bond acceptors (Lipinski definition) is 2. The number of aryl methyl sites for hydroxylation is 3. The van der Waals surface area contributed by atoms with Gasteiger partial charge in [-0.2, -0.15) is 8.42 Å². The summed E-state index contributed by atoms with van der Waals surface area (Å²) >= 11 is 0. The predicted molar refractivity (Wildman–Crippen MR) is 119 cm³/mol.